The quantitative estimate of drug-likeness (QED) is 0.615. The number of nitrogens with one attached hydrogen (secondary N) is 1. The summed E-state index contributed by atoms with van der Waals surface area (Å²) in [5.74, 6) is -1.02. The van der Waals surface area contributed by atoms with Gasteiger partial charge in [-0.25, -0.2) is 9.59 Å². The fraction of sp³-hybridized carbons (Fsp3) is 0.818. The lowest BCUT2D eigenvalue weighted by atomic mass is 10.2. The maximum Gasteiger partial charge on any atom is 0.326 e. The molecule has 6 heteroatoms. The molecule has 0 bridgehead atoms. The molecule has 0 saturated heterocycles. The Morgan fingerprint density at radius 1 is 1.35 bits per heavy atom. The standard InChI is InChI=1S/C11H22N2O4/c1-4-5-9(10(15)16)12-11(17)13(3)7-6-8(2)14/h8-9,14H,4-7H2,1-3H3,(H,12,17)(H,15,16)/t8?,9-/m1/s1. The molecule has 0 saturated carbocycles. The summed E-state index contributed by atoms with van der Waals surface area (Å²) in [6.07, 6.45) is 1.09. The Morgan fingerprint density at radius 3 is 2.35 bits per heavy atom. The van der Waals surface area contributed by atoms with Crippen molar-refractivity contribution in [2.24, 2.45) is 0 Å². The van der Waals surface area contributed by atoms with Gasteiger partial charge in [0.2, 0.25) is 0 Å². The number of carboxylic acid groups (broad SMARTS) is 1. The number of aliphatic hydroxyl groups is 1. The van der Waals surface area contributed by atoms with Gasteiger partial charge in [-0.3, -0.25) is 0 Å². The second kappa shape index (κ2) is 7.89. The van der Waals surface area contributed by atoms with Crippen LogP contribution in [-0.4, -0.2) is 52.9 Å². The van der Waals surface area contributed by atoms with Crippen molar-refractivity contribution >= 4 is 12.0 Å². The van der Waals surface area contributed by atoms with Crippen LogP contribution in [-0.2, 0) is 4.79 Å². The summed E-state index contributed by atoms with van der Waals surface area (Å²) >= 11 is 0. The Hall–Kier alpha value is -1.30. The van der Waals surface area contributed by atoms with Crippen molar-refractivity contribution in [3.8, 4) is 0 Å². The van der Waals surface area contributed by atoms with Gasteiger partial charge in [0, 0.05) is 13.6 Å². The zero-order valence-electron chi connectivity index (χ0n) is 10.6. The minimum Gasteiger partial charge on any atom is -0.480 e. The second-order valence-electron chi connectivity index (χ2n) is 4.19. The van der Waals surface area contributed by atoms with E-state index in [1.54, 1.807) is 14.0 Å². The Balaban J connectivity index is 4.15. The number of carbonyl (C=O) groups excluding carboxylic acids is 1. The Morgan fingerprint density at radius 2 is 1.94 bits per heavy atom. The number of hydrogen-bond acceptors (Lipinski definition) is 3. The van der Waals surface area contributed by atoms with Crippen molar-refractivity contribution in [1.82, 2.24) is 10.2 Å². The van der Waals surface area contributed by atoms with Crippen LogP contribution in [0.1, 0.15) is 33.1 Å². The monoisotopic (exact) mass is 246 g/mol. The van der Waals surface area contributed by atoms with Gasteiger partial charge in [0.15, 0.2) is 0 Å². The molecule has 6 nitrogen and oxygen atoms in total. The van der Waals surface area contributed by atoms with Gasteiger partial charge in [-0.1, -0.05) is 13.3 Å². The molecule has 100 valence electrons. The first-order valence-corrected chi connectivity index (χ1v) is 5.81. The number of aliphatic carboxylic acids is 1. The summed E-state index contributed by atoms with van der Waals surface area (Å²) in [5.41, 5.74) is 0. The van der Waals surface area contributed by atoms with E-state index in [1.807, 2.05) is 6.92 Å². The number of rotatable bonds is 7. The highest BCUT2D eigenvalue weighted by molar-refractivity contribution is 5.82. The number of carboxylic acids is 1. The van der Waals surface area contributed by atoms with Crippen LogP contribution >= 0.6 is 0 Å². The molecule has 0 aliphatic heterocycles. The van der Waals surface area contributed by atoms with Crippen LogP contribution in [0, 0.1) is 0 Å². The maximum atomic E-state index is 11.6. The molecule has 2 amide bonds. The van der Waals surface area contributed by atoms with Gasteiger partial charge in [0.25, 0.3) is 0 Å². The molecule has 0 aromatic carbocycles. The number of hydrogen-bond donors (Lipinski definition) is 3. The summed E-state index contributed by atoms with van der Waals surface area (Å²) in [6.45, 7) is 3.89. The van der Waals surface area contributed by atoms with E-state index in [0.717, 1.165) is 0 Å². The molecule has 0 spiro atoms. The van der Waals surface area contributed by atoms with Gasteiger partial charge < -0.3 is 20.4 Å². The second-order valence-corrected chi connectivity index (χ2v) is 4.19. The van der Waals surface area contributed by atoms with Gasteiger partial charge >= 0.3 is 12.0 Å². The molecule has 3 N–H and O–H groups in total. The third-order valence-electron chi connectivity index (χ3n) is 2.40. The number of aliphatic hydroxyl groups excluding tert-OH is 1. The van der Waals surface area contributed by atoms with Crippen molar-refractivity contribution in [2.45, 2.75) is 45.3 Å². The molecule has 0 radical (unpaired) electrons. The highest BCUT2D eigenvalue weighted by Crippen LogP contribution is 1.99. The Bertz CT molecular complexity index is 256. The fourth-order valence-electron chi connectivity index (χ4n) is 1.29. The summed E-state index contributed by atoms with van der Waals surface area (Å²) in [4.78, 5) is 23.8. The van der Waals surface area contributed by atoms with Crippen LogP contribution in [0.4, 0.5) is 4.79 Å². The summed E-state index contributed by atoms with van der Waals surface area (Å²) in [5, 5.41) is 20.4. The van der Waals surface area contributed by atoms with Crippen molar-refractivity contribution in [2.75, 3.05) is 13.6 Å². The molecule has 0 rings (SSSR count). The highest BCUT2D eigenvalue weighted by atomic mass is 16.4. The van der Waals surface area contributed by atoms with Crippen LogP contribution in [0.25, 0.3) is 0 Å². The molecule has 0 aromatic heterocycles. The first-order chi connectivity index (χ1) is 7.88. The van der Waals surface area contributed by atoms with Crippen molar-refractivity contribution in [1.29, 1.82) is 0 Å². The molecule has 0 aliphatic rings. The minimum absolute atomic E-state index is 0.391. The maximum absolute atomic E-state index is 11.6. The third kappa shape index (κ3) is 6.78. The predicted octanol–water partition coefficient (Wildman–Crippen LogP) is 0.652. The van der Waals surface area contributed by atoms with Gasteiger partial charge in [-0.05, 0) is 19.8 Å². The Kier molecular flexibility index (Phi) is 7.29. The summed E-state index contributed by atoms with van der Waals surface area (Å²) < 4.78 is 0. The average molecular weight is 246 g/mol. The molecule has 0 aliphatic carbocycles. The van der Waals surface area contributed by atoms with Crippen molar-refractivity contribution in [3.05, 3.63) is 0 Å². The smallest absolute Gasteiger partial charge is 0.326 e. The predicted molar refractivity (Wildman–Crippen MR) is 63.8 cm³/mol. The van der Waals surface area contributed by atoms with Gasteiger partial charge in [0.1, 0.15) is 6.04 Å². The zero-order valence-corrected chi connectivity index (χ0v) is 10.6. The SMILES string of the molecule is CCC[C@@H](NC(=O)N(C)CCC(C)O)C(=O)O. The highest BCUT2D eigenvalue weighted by Gasteiger charge is 2.20. The minimum atomic E-state index is -1.02. The number of carbonyl (C=O) groups is 2. The number of urea groups is 1. The molecular formula is C11H22N2O4. The lowest BCUT2D eigenvalue weighted by Crippen LogP contribution is -2.47. The van der Waals surface area contributed by atoms with E-state index < -0.39 is 24.1 Å². The van der Waals surface area contributed by atoms with E-state index in [9.17, 15) is 9.59 Å². The van der Waals surface area contributed by atoms with Gasteiger partial charge in [-0.15, -0.1) is 0 Å². The van der Waals surface area contributed by atoms with E-state index in [2.05, 4.69) is 5.32 Å². The van der Waals surface area contributed by atoms with Crippen LogP contribution in [0.15, 0.2) is 0 Å². The van der Waals surface area contributed by atoms with E-state index in [-0.39, 0.29) is 0 Å². The molecule has 0 aromatic rings. The van der Waals surface area contributed by atoms with Crippen LogP contribution in [0.5, 0.6) is 0 Å². The van der Waals surface area contributed by atoms with Gasteiger partial charge in [-0.2, -0.15) is 0 Å². The molecule has 0 heterocycles. The molecular weight excluding hydrogens is 224 g/mol. The third-order valence-corrected chi connectivity index (χ3v) is 2.40. The lowest BCUT2D eigenvalue weighted by Gasteiger charge is -2.21. The Labute approximate surface area is 102 Å². The van der Waals surface area contributed by atoms with E-state index in [1.165, 1.54) is 4.90 Å². The van der Waals surface area contributed by atoms with Crippen molar-refractivity contribution in [3.63, 3.8) is 0 Å². The van der Waals surface area contributed by atoms with Crippen LogP contribution in [0.2, 0.25) is 0 Å². The van der Waals surface area contributed by atoms with E-state index >= 15 is 0 Å². The van der Waals surface area contributed by atoms with E-state index in [4.69, 9.17) is 10.2 Å². The first kappa shape index (κ1) is 15.7. The first-order valence-electron chi connectivity index (χ1n) is 5.81. The average Bonchev–Trinajstić information content (AvgIpc) is 2.24. The zero-order chi connectivity index (χ0) is 13.4. The topological polar surface area (TPSA) is 89.9 Å². The summed E-state index contributed by atoms with van der Waals surface area (Å²) in [7, 11) is 1.57. The summed E-state index contributed by atoms with van der Waals surface area (Å²) in [6, 6.07) is -1.27. The lowest BCUT2D eigenvalue weighted by molar-refractivity contribution is -0.139. The van der Waals surface area contributed by atoms with E-state index in [0.29, 0.717) is 25.8 Å². The number of nitrogens with zero attached hydrogens (tertiary/aromatic N) is 1. The normalized spacial score (nSPS) is 13.9. The largest absolute Gasteiger partial charge is 0.480 e. The molecule has 1 unspecified atom stereocenters. The molecule has 0 fully saturated rings. The van der Waals surface area contributed by atoms with Crippen molar-refractivity contribution < 1.29 is 19.8 Å². The number of amides is 2. The molecule has 2 atom stereocenters. The van der Waals surface area contributed by atoms with Crippen LogP contribution in [0.3, 0.4) is 0 Å². The van der Waals surface area contributed by atoms with Crippen LogP contribution < -0.4 is 5.32 Å². The fourth-order valence-corrected chi connectivity index (χ4v) is 1.29. The van der Waals surface area contributed by atoms with Gasteiger partial charge in [0.05, 0.1) is 6.10 Å². The molecule has 17 heavy (non-hydrogen) atoms.